The van der Waals surface area contributed by atoms with Crippen LogP contribution < -0.4 is 0 Å². The molecule has 0 radical (unpaired) electrons. The summed E-state index contributed by atoms with van der Waals surface area (Å²) in [6.07, 6.45) is 10.3. The fraction of sp³-hybridized carbons (Fsp3) is 0.875. The molecule has 2 aliphatic heterocycles. The van der Waals surface area contributed by atoms with Crippen LogP contribution in [-0.2, 0) is 14.4 Å². The van der Waals surface area contributed by atoms with Gasteiger partial charge in [-0.15, -0.1) is 0 Å². The molecule has 6 nitrogen and oxygen atoms in total. The van der Waals surface area contributed by atoms with Crippen molar-refractivity contribution in [1.82, 2.24) is 14.7 Å². The molecule has 0 unspecified atom stereocenters. The molecule has 0 aromatic carbocycles. The van der Waals surface area contributed by atoms with Crippen LogP contribution >= 0.6 is 0 Å². The average Bonchev–Trinajstić information content (AvgIpc) is 3.56. The molecule has 168 valence electrons. The zero-order chi connectivity index (χ0) is 21.1. The summed E-state index contributed by atoms with van der Waals surface area (Å²) in [6, 6.07) is 0. The number of nitrogens with zero attached hydrogens (tertiary/aromatic N) is 3. The predicted molar refractivity (Wildman–Crippen MR) is 116 cm³/mol. The summed E-state index contributed by atoms with van der Waals surface area (Å²) in [4.78, 5) is 43.8. The number of carbonyl (C=O) groups is 3. The zero-order valence-corrected chi connectivity index (χ0v) is 18.7. The van der Waals surface area contributed by atoms with Gasteiger partial charge in [0.25, 0.3) is 0 Å². The highest BCUT2D eigenvalue weighted by molar-refractivity contribution is 6.05. The van der Waals surface area contributed by atoms with E-state index >= 15 is 0 Å². The first-order chi connectivity index (χ1) is 14.6. The maximum absolute atomic E-state index is 12.7. The van der Waals surface area contributed by atoms with Crippen molar-refractivity contribution in [2.75, 3.05) is 39.3 Å². The summed E-state index contributed by atoms with van der Waals surface area (Å²) in [5, 5.41) is 0. The molecule has 4 fully saturated rings. The average molecular weight is 418 g/mol. The lowest BCUT2D eigenvalue weighted by Crippen LogP contribution is -2.41. The van der Waals surface area contributed by atoms with Gasteiger partial charge in [-0.05, 0) is 69.9 Å². The van der Waals surface area contributed by atoms with Crippen LogP contribution in [0.1, 0.15) is 71.1 Å². The number of amides is 3. The normalized spacial score (nSPS) is 27.8. The third-order valence-electron chi connectivity index (χ3n) is 7.96. The number of fused-ring (bicyclic) bond motifs is 1. The minimum Gasteiger partial charge on any atom is -0.343 e. The lowest BCUT2D eigenvalue weighted by molar-refractivity contribution is -0.141. The Bertz CT molecular complexity index is 616. The molecule has 0 bridgehead atoms. The summed E-state index contributed by atoms with van der Waals surface area (Å²) < 4.78 is 0. The topological polar surface area (TPSA) is 60.9 Å². The fourth-order valence-electron chi connectivity index (χ4n) is 5.70. The van der Waals surface area contributed by atoms with Crippen molar-refractivity contribution in [1.29, 1.82) is 0 Å². The van der Waals surface area contributed by atoms with Gasteiger partial charge in [0.05, 0.1) is 11.8 Å². The smallest absolute Gasteiger partial charge is 0.233 e. The van der Waals surface area contributed by atoms with Crippen LogP contribution in [0.5, 0.6) is 0 Å². The summed E-state index contributed by atoms with van der Waals surface area (Å²) >= 11 is 0. The number of carbonyl (C=O) groups excluding carboxylic acids is 3. The second kappa shape index (κ2) is 9.80. The standard InChI is InChI=1S/C24H39N3O3/c1-2-25(17-19-7-8-19)13-9-18-10-14-26(15-11-18)22(28)12-16-27-23(29)20-5-3-4-6-21(20)24(27)30/h18-21H,2-17H2,1H3/t20-,21+. The van der Waals surface area contributed by atoms with Crippen molar-refractivity contribution in [2.24, 2.45) is 23.7 Å². The monoisotopic (exact) mass is 417 g/mol. The highest BCUT2D eigenvalue weighted by Gasteiger charge is 2.47. The highest BCUT2D eigenvalue weighted by Crippen LogP contribution is 2.38. The van der Waals surface area contributed by atoms with E-state index in [9.17, 15) is 14.4 Å². The molecule has 0 aromatic heterocycles. The van der Waals surface area contributed by atoms with Gasteiger partial charge in [0.2, 0.25) is 17.7 Å². The van der Waals surface area contributed by atoms with Crippen LogP contribution in [-0.4, -0.2) is 71.7 Å². The van der Waals surface area contributed by atoms with Gasteiger partial charge in [0, 0.05) is 32.6 Å². The van der Waals surface area contributed by atoms with Gasteiger partial charge in [-0.25, -0.2) is 0 Å². The number of hydrogen-bond donors (Lipinski definition) is 0. The van der Waals surface area contributed by atoms with Crippen molar-refractivity contribution < 1.29 is 14.4 Å². The number of rotatable bonds is 9. The van der Waals surface area contributed by atoms with Crippen molar-refractivity contribution in [3.63, 3.8) is 0 Å². The van der Waals surface area contributed by atoms with E-state index in [0.717, 1.165) is 64.1 Å². The summed E-state index contributed by atoms with van der Waals surface area (Å²) in [7, 11) is 0. The first-order valence-electron chi connectivity index (χ1n) is 12.4. The van der Waals surface area contributed by atoms with E-state index in [1.54, 1.807) is 0 Å². The minimum atomic E-state index is -0.111. The summed E-state index contributed by atoms with van der Waals surface area (Å²) in [5.41, 5.74) is 0. The molecule has 2 aliphatic carbocycles. The third kappa shape index (κ3) is 5.06. The number of piperidine rings is 1. The van der Waals surface area contributed by atoms with E-state index in [-0.39, 0.29) is 42.5 Å². The van der Waals surface area contributed by atoms with Gasteiger partial charge in [0.15, 0.2) is 0 Å². The molecule has 30 heavy (non-hydrogen) atoms. The van der Waals surface area contributed by atoms with Crippen molar-refractivity contribution >= 4 is 17.7 Å². The van der Waals surface area contributed by atoms with E-state index in [4.69, 9.17) is 0 Å². The van der Waals surface area contributed by atoms with Crippen LogP contribution in [0.25, 0.3) is 0 Å². The first kappa shape index (κ1) is 21.8. The molecule has 3 amide bonds. The molecule has 2 saturated heterocycles. The van der Waals surface area contributed by atoms with Crippen molar-refractivity contribution in [3.8, 4) is 0 Å². The van der Waals surface area contributed by atoms with Gasteiger partial charge >= 0.3 is 0 Å². The molecule has 0 spiro atoms. The number of imide groups is 1. The van der Waals surface area contributed by atoms with E-state index in [0.29, 0.717) is 5.92 Å². The van der Waals surface area contributed by atoms with E-state index < -0.39 is 0 Å². The molecule has 4 rings (SSSR count). The van der Waals surface area contributed by atoms with Crippen LogP contribution in [0, 0.1) is 23.7 Å². The Labute approximate surface area is 181 Å². The van der Waals surface area contributed by atoms with Crippen LogP contribution in [0.4, 0.5) is 0 Å². The van der Waals surface area contributed by atoms with Crippen LogP contribution in [0.2, 0.25) is 0 Å². The Morgan fingerprint density at radius 2 is 1.57 bits per heavy atom. The second-order valence-corrected chi connectivity index (χ2v) is 10.0. The third-order valence-corrected chi connectivity index (χ3v) is 7.96. The second-order valence-electron chi connectivity index (χ2n) is 10.0. The minimum absolute atomic E-state index is 0.0251. The first-order valence-corrected chi connectivity index (χ1v) is 12.4. The Hall–Kier alpha value is -1.43. The van der Waals surface area contributed by atoms with Gasteiger partial charge in [0.1, 0.15) is 0 Å². The Kier molecular flexibility index (Phi) is 7.12. The molecule has 2 saturated carbocycles. The number of hydrogen-bond acceptors (Lipinski definition) is 4. The van der Waals surface area contributed by atoms with E-state index in [2.05, 4.69) is 11.8 Å². The molecule has 0 N–H and O–H groups in total. The van der Waals surface area contributed by atoms with Crippen molar-refractivity contribution in [2.45, 2.75) is 71.1 Å². The molecule has 4 aliphatic rings. The Balaban J connectivity index is 1.16. The van der Waals surface area contributed by atoms with Crippen molar-refractivity contribution in [3.05, 3.63) is 0 Å². The molecule has 2 atom stereocenters. The molecular formula is C24H39N3O3. The van der Waals surface area contributed by atoms with Crippen LogP contribution in [0.3, 0.4) is 0 Å². The van der Waals surface area contributed by atoms with Gasteiger partial charge in [-0.1, -0.05) is 19.8 Å². The molecule has 0 aromatic rings. The van der Waals surface area contributed by atoms with Gasteiger partial charge in [-0.3, -0.25) is 19.3 Å². The van der Waals surface area contributed by atoms with Crippen LogP contribution in [0.15, 0.2) is 0 Å². The lowest BCUT2D eigenvalue weighted by Gasteiger charge is -2.33. The molecule has 6 heteroatoms. The predicted octanol–water partition coefficient (Wildman–Crippen LogP) is 2.91. The fourth-order valence-corrected chi connectivity index (χ4v) is 5.70. The zero-order valence-electron chi connectivity index (χ0n) is 18.7. The number of likely N-dealkylation sites (tertiary alicyclic amines) is 2. The summed E-state index contributed by atoms with van der Waals surface area (Å²) in [5.74, 6) is 1.49. The van der Waals surface area contributed by atoms with E-state index in [1.165, 1.54) is 37.3 Å². The van der Waals surface area contributed by atoms with Gasteiger partial charge < -0.3 is 9.80 Å². The largest absolute Gasteiger partial charge is 0.343 e. The van der Waals surface area contributed by atoms with E-state index in [1.807, 2.05) is 4.90 Å². The summed E-state index contributed by atoms with van der Waals surface area (Å²) in [6.45, 7) is 7.78. The van der Waals surface area contributed by atoms with Gasteiger partial charge in [-0.2, -0.15) is 0 Å². The Morgan fingerprint density at radius 3 is 2.13 bits per heavy atom. The molecule has 2 heterocycles. The lowest BCUT2D eigenvalue weighted by atomic mass is 9.81. The molecular weight excluding hydrogens is 378 g/mol. The maximum Gasteiger partial charge on any atom is 0.233 e. The quantitative estimate of drug-likeness (QED) is 0.541. The Morgan fingerprint density at radius 1 is 0.933 bits per heavy atom. The maximum atomic E-state index is 12.7. The highest BCUT2D eigenvalue weighted by atomic mass is 16.2. The SMILES string of the molecule is CCN(CCC1CCN(C(=O)CCN2C(=O)[C@H]3CCCC[C@H]3C2=O)CC1)CC1CC1.